The third-order valence-corrected chi connectivity index (χ3v) is 6.28. The maximum atomic E-state index is 12.7. The van der Waals surface area contributed by atoms with Gasteiger partial charge in [-0.15, -0.1) is 0 Å². The number of aromatic nitrogens is 1. The average Bonchev–Trinajstić information content (AvgIpc) is 2.56. The zero-order valence-corrected chi connectivity index (χ0v) is 15.0. The highest BCUT2D eigenvalue weighted by Gasteiger charge is 2.28. The Labute approximate surface area is 145 Å². The van der Waals surface area contributed by atoms with Crippen LogP contribution in [0.2, 0.25) is 0 Å². The van der Waals surface area contributed by atoms with Gasteiger partial charge in [-0.2, -0.15) is 4.31 Å². The highest BCUT2D eigenvalue weighted by Crippen LogP contribution is 2.21. The molecule has 7 heteroatoms. The number of hydrogen-bond donors (Lipinski definition) is 0. The molecule has 0 aliphatic carbocycles. The highest BCUT2D eigenvalue weighted by atomic mass is 79.9. The zero-order valence-electron chi connectivity index (χ0n) is 12.6. The van der Waals surface area contributed by atoms with Crippen molar-refractivity contribution in [2.24, 2.45) is 0 Å². The first-order valence-corrected chi connectivity index (χ1v) is 9.66. The maximum Gasteiger partial charge on any atom is 0.243 e. The Hall–Kier alpha value is -1.28. The molecule has 0 radical (unpaired) electrons. The fourth-order valence-corrected chi connectivity index (χ4v) is 4.67. The van der Waals surface area contributed by atoms with Crippen molar-refractivity contribution >= 4 is 26.0 Å². The van der Waals surface area contributed by atoms with Crippen LogP contribution < -0.4 is 0 Å². The van der Waals surface area contributed by atoms with Gasteiger partial charge in [0.05, 0.1) is 4.90 Å². The smallest absolute Gasteiger partial charge is 0.243 e. The summed E-state index contributed by atoms with van der Waals surface area (Å²) in [5.41, 5.74) is 1.15. The molecule has 23 heavy (non-hydrogen) atoms. The summed E-state index contributed by atoms with van der Waals surface area (Å²) in [5.74, 6) is 0. The van der Waals surface area contributed by atoms with Gasteiger partial charge in [0.1, 0.15) is 0 Å². The van der Waals surface area contributed by atoms with Crippen molar-refractivity contribution < 1.29 is 8.42 Å². The van der Waals surface area contributed by atoms with E-state index in [2.05, 4.69) is 25.8 Å². The quantitative estimate of drug-likeness (QED) is 0.796. The van der Waals surface area contributed by atoms with Gasteiger partial charge in [-0.25, -0.2) is 8.42 Å². The Balaban J connectivity index is 1.64. The monoisotopic (exact) mass is 395 g/mol. The van der Waals surface area contributed by atoms with Crippen molar-refractivity contribution in [1.82, 2.24) is 14.2 Å². The van der Waals surface area contributed by atoms with Crippen molar-refractivity contribution in [3.63, 3.8) is 0 Å². The summed E-state index contributed by atoms with van der Waals surface area (Å²) in [6.45, 7) is 3.27. The van der Waals surface area contributed by atoms with Gasteiger partial charge in [0.2, 0.25) is 10.0 Å². The second-order valence-electron chi connectivity index (χ2n) is 5.50. The van der Waals surface area contributed by atoms with Crippen LogP contribution in [0.1, 0.15) is 5.56 Å². The molecule has 1 fully saturated rings. The van der Waals surface area contributed by atoms with E-state index in [9.17, 15) is 8.42 Å². The molecule has 0 unspecified atom stereocenters. The van der Waals surface area contributed by atoms with Crippen LogP contribution in [-0.4, -0.2) is 48.8 Å². The number of piperazine rings is 1. The van der Waals surface area contributed by atoms with E-state index in [1.807, 2.05) is 24.4 Å². The molecule has 1 aliphatic rings. The summed E-state index contributed by atoms with van der Waals surface area (Å²) < 4.78 is 27.7. The van der Waals surface area contributed by atoms with E-state index < -0.39 is 10.0 Å². The fourth-order valence-electron chi connectivity index (χ4n) is 2.65. The second kappa shape index (κ2) is 7.09. The second-order valence-corrected chi connectivity index (χ2v) is 8.35. The Morgan fingerprint density at radius 3 is 2.52 bits per heavy atom. The number of hydrogen-bond acceptors (Lipinski definition) is 4. The number of sulfonamides is 1. The lowest BCUT2D eigenvalue weighted by Gasteiger charge is -2.33. The Kier molecular flexibility index (Phi) is 5.11. The standard InChI is InChI=1S/C16H18BrN3O2S/c17-15-4-1-5-16(11-15)23(21,22)20-9-7-19(8-10-20)13-14-3-2-6-18-12-14/h1-6,11-12H,7-10,13H2. The molecule has 1 aromatic heterocycles. The number of nitrogens with zero attached hydrogens (tertiary/aromatic N) is 3. The summed E-state index contributed by atoms with van der Waals surface area (Å²) in [6.07, 6.45) is 3.61. The molecule has 122 valence electrons. The van der Waals surface area contributed by atoms with Crippen LogP contribution in [0.15, 0.2) is 58.2 Å². The van der Waals surface area contributed by atoms with E-state index in [0.717, 1.165) is 29.7 Å². The van der Waals surface area contributed by atoms with Gasteiger partial charge in [-0.3, -0.25) is 9.88 Å². The molecule has 1 aromatic carbocycles. The van der Waals surface area contributed by atoms with Crippen LogP contribution in [0.25, 0.3) is 0 Å². The molecule has 0 saturated carbocycles. The van der Waals surface area contributed by atoms with Crippen molar-refractivity contribution in [2.75, 3.05) is 26.2 Å². The highest BCUT2D eigenvalue weighted by molar-refractivity contribution is 9.10. The molecular weight excluding hydrogens is 378 g/mol. The van der Waals surface area contributed by atoms with Gasteiger partial charge in [-0.1, -0.05) is 28.1 Å². The Bertz CT molecular complexity index is 760. The van der Waals surface area contributed by atoms with Crippen molar-refractivity contribution in [3.8, 4) is 0 Å². The number of pyridine rings is 1. The fraction of sp³-hybridized carbons (Fsp3) is 0.312. The van der Waals surface area contributed by atoms with E-state index >= 15 is 0 Å². The van der Waals surface area contributed by atoms with Crippen LogP contribution in [-0.2, 0) is 16.6 Å². The lowest BCUT2D eigenvalue weighted by atomic mass is 10.2. The van der Waals surface area contributed by atoms with Crippen LogP contribution in [0.4, 0.5) is 0 Å². The van der Waals surface area contributed by atoms with Gasteiger partial charge >= 0.3 is 0 Å². The molecule has 0 bridgehead atoms. The largest absolute Gasteiger partial charge is 0.296 e. The Morgan fingerprint density at radius 2 is 1.87 bits per heavy atom. The topological polar surface area (TPSA) is 53.5 Å². The minimum absolute atomic E-state index is 0.340. The molecule has 1 aliphatic heterocycles. The minimum atomic E-state index is -3.42. The van der Waals surface area contributed by atoms with Crippen LogP contribution in [0.5, 0.6) is 0 Å². The summed E-state index contributed by atoms with van der Waals surface area (Å²) in [6, 6.07) is 10.8. The number of rotatable bonds is 4. The van der Waals surface area contributed by atoms with Gasteiger partial charge in [0.25, 0.3) is 0 Å². The van der Waals surface area contributed by atoms with E-state index in [1.54, 1.807) is 28.7 Å². The molecule has 0 atom stereocenters. The molecule has 5 nitrogen and oxygen atoms in total. The average molecular weight is 396 g/mol. The summed E-state index contributed by atoms with van der Waals surface area (Å²) >= 11 is 3.33. The van der Waals surface area contributed by atoms with Crippen molar-refractivity contribution in [2.45, 2.75) is 11.4 Å². The van der Waals surface area contributed by atoms with Crippen LogP contribution in [0, 0.1) is 0 Å². The minimum Gasteiger partial charge on any atom is -0.296 e. The summed E-state index contributed by atoms with van der Waals surface area (Å²) in [7, 11) is -3.42. The van der Waals surface area contributed by atoms with Gasteiger partial charge < -0.3 is 0 Å². The van der Waals surface area contributed by atoms with E-state index in [1.165, 1.54) is 0 Å². The molecule has 0 amide bonds. The number of benzene rings is 1. The predicted octanol–water partition coefficient (Wildman–Crippen LogP) is 2.35. The zero-order chi connectivity index (χ0) is 16.3. The third-order valence-electron chi connectivity index (χ3n) is 3.89. The summed E-state index contributed by atoms with van der Waals surface area (Å²) in [4.78, 5) is 6.71. The lowest BCUT2D eigenvalue weighted by molar-refractivity contribution is 0.181. The van der Waals surface area contributed by atoms with Crippen molar-refractivity contribution in [1.29, 1.82) is 0 Å². The van der Waals surface area contributed by atoms with Crippen molar-refractivity contribution in [3.05, 3.63) is 58.8 Å². The van der Waals surface area contributed by atoms with Crippen LogP contribution >= 0.6 is 15.9 Å². The summed E-state index contributed by atoms with van der Waals surface area (Å²) in [5, 5.41) is 0. The molecule has 2 aromatic rings. The Morgan fingerprint density at radius 1 is 1.09 bits per heavy atom. The lowest BCUT2D eigenvalue weighted by Crippen LogP contribution is -2.48. The molecule has 0 N–H and O–H groups in total. The van der Waals surface area contributed by atoms with Gasteiger partial charge in [0.15, 0.2) is 0 Å². The molecule has 1 saturated heterocycles. The maximum absolute atomic E-state index is 12.7. The van der Waals surface area contributed by atoms with Crippen LogP contribution in [0.3, 0.4) is 0 Å². The first-order valence-electron chi connectivity index (χ1n) is 7.43. The SMILES string of the molecule is O=S(=O)(c1cccc(Br)c1)N1CCN(Cc2cccnc2)CC1. The third kappa shape index (κ3) is 3.98. The number of halogens is 1. The predicted molar refractivity (Wildman–Crippen MR) is 92.4 cm³/mol. The van der Waals surface area contributed by atoms with Gasteiger partial charge in [-0.05, 0) is 29.8 Å². The normalized spacial score (nSPS) is 17.3. The first-order chi connectivity index (χ1) is 11.1. The first kappa shape index (κ1) is 16.6. The molecule has 2 heterocycles. The van der Waals surface area contributed by atoms with E-state index in [-0.39, 0.29) is 0 Å². The van der Waals surface area contributed by atoms with E-state index in [0.29, 0.717) is 18.0 Å². The van der Waals surface area contributed by atoms with E-state index in [4.69, 9.17) is 0 Å². The van der Waals surface area contributed by atoms with Gasteiger partial charge in [0, 0.05) is 49.6 Å². The molecule has 3 rings (SSSR count). The molecular formula is C16H18BrN3O2S. The molecule has 0 spiro atoms.